The molecule has 0 saturated heterocycles. The molecule has 0 heterocycles. The van der Waals surface area contributed by atoms with Gasteiger partial charge in [0.1, 0.15) is 5.83 Å². The van der Waals surface area contributed by atoms with Gasteiger partial charge in [-0.3, -0.25) is 0 Å². The molecule has 2 nitrogen and oxygen atoms in total. The monoisotopic (exact) mass is 320 g/mol. The minimum atomic E-state index is -0.997. The maximum absolute atomic E-state index is 14.0. The lowest BCUT2D eigenvalue weighted by atomic mass is 10.1. The summed E-state index contributed by atoms with van der Waals surface area (Å²) >= 11 is 3.28. The van der Waals surface area contributed by atoms with Gasteiger partial charge < -0.3 is 5.11 Å². The summed E-state index contributed by atoms with van der Waals surface area (Å²) in [5, 5.41) is 8.77. The van der Waals surface area contributed by atoms with Crippen LogP contribution in [0.2, 0.25) is 0 Å². The summed E-state index contributed by atoms with van der Waals surface area (Å²) in [5.74, 6) is -1.37. The molecule has 4 heteroatoms. The van der Waals surface area contributed by atoms with Crippen molar-refractivity contribution in [3.05, 3.63) is 69.7 Å². The zero-order valence-corrected chi connectivity index (χ0v) is 11.4. The van der Waals surface area contributed by atoms with Crippen LogP contribution < -0.4 is 0 Å². The fraction of sp³-hybridized carbons (Fsp3) is 0. The number of carboxylic acid groups (broad SMARTS) is 1. The van der Waals surface area contributed by atoms with E-state index >= 15 is 0 Å². The Morgan fingerprint density at radius 1 is 1.11 bits per heavy atom. The molecule has 96 valence electrons. The van der Waals surface area contributed by atoms with Gasteiger partial charge in [-0.2, -0.15) is 0 Å². The minimum Gasteiger partial charge on any atom is -0.478 e. The van der Waals surface area contributed by atoms with E-state index < -0.39 is 5.97 Å². The van der Waals surface area contributed by atoms with E-state index in [1.807, 2.05) is 6.07 Å². The van der Waals surface area contributed by atoms with Crippen molar-refractivity contribution in [3.8, 4) is 0 Å². The van der Waals surface area contributed by atoms with Gasteiger partial charge in [0.25, 0.3) is 0 Å². The molecule has 0 aliphatic carbocycles. The zero-order chi connectivity index (χ0) is 13.8. The third-order valence-corrected chi connectivity index (χ3v) is 3.04. The standard InChI is InChI=1S/C15H10BrFO2/c16-13-3-1-2-12(9-13)14(17)8-10-4-6-11(7-5-10)15(18)19/h1-9H,(H,18,19). The highest BCUT2D eigenvalue weighted by molar-refractivity contribution is 9.10. The Hall–Kier alpha value is -1.94. The predicted octanol–water partition coefficient (Wildman–Crippen LogP) is 4.61. The number of benzene rings is 2. The van der Waals surface area contributed by atoms with E-state index in [9.17, 15) is 9.18 Å². The number of aromatic carboxylic acids is 1. The van der Waals surface area contributed by atoms with Crippen molar-refractivity contribution < 1.29 is 14.3 Å². The van der Waals surface area contributed by atoms with Crippen molar-refractivity contribution in [2.75, 3.05) is 0 Å². The molecule has 0 radical (unpaired) electrons. The second kappa shape index (κ2) is 5.80. The lowest BCUT2D eigenvalue weighted by Crippen LogP contribution is -1.94. The summed E-state index contributed by atoms with van der Waals surface area (Å²) in [5.41, 5.74) is 1.26. The predicted molar refractivity (Wildman–Crippen MR) is 76.5 cm³/mol. The molecule has 0 aliphatic heterocycles. The Bertz CT molecular complexity index is 633. The summed E-state index contributed by atoms with van der Waals surface area (Å²) in [4.78, 5) is 10.7. The number of halogens is 2. The number of carbonyl (C=O) groups is 1. The van der Waals surface area contributed by atoms with Crippen molar-refractivity contribution in [2.45, 2.75) is 0 Å². The van der Waals surface area contributed by atoms with Gasteiger partial charge in [-0.05, 0) is 35.9 Å². The largest absolute Gasteiger partial charge is 0.478 e. The van der Waals surface area contributed by atoms with E-state index in [1.54, 1.807) is 30.3 Å². The van der Waals surface area contributed by atoms with Crippen LogP contribution >= 0.6 is 15.9 Å². The highest BCUT2D eigenvalue weighted by atomic mass is 79.9. The van der Waals surface area contributed by atoms with Crippen LogP contribution in [0.1, 0.15) is 21.5 Å². The molecule has 2 aromatic carbocycles. The third kappa shape index (κ3) is 3.51. The Balaban J connectivity index is 2.27. The quantitative estimate of drug-likeness (QED) is 0.838. The fourth-order valence-electron chi connectivity index (χ4n) is 1.59. The second-order valence-electron chi connectivity index (χ2n) is 3.93. The van der Waals surface area contributed by atoms with Gasteiger partial charge in [0.2, 0.25) is 0 Å². The average Bonchev–Trinajstić information content (AvgIpc) is 2.39. The number of hydrogen-bond donors (Lipinski definition) is 1. The molecule has 0 aromatic heterocycles. The topological polar surface area (TPSA) is 37.3 Å². The Kier molecular flexibility index (Phi) is 4.12. The highest BCUT2D eigenvalue weighted by Crippen LogP contribution is 2.22. The molecule has 0 amide bonds. The normalized spacial score (nSPS) is 11.4. The number of rotatable bonds is 3. The van der Waals surface area contributed by atoms with Crippen LogP contribution in [0.4, 0.5) is 4.39 Å². The smallest absolute Gasteiger partial charge is 0.335 e. The van der Waals surface area contributed by atoms with Gasteiger partial charge >= 0.3 is 5.97 Å². The Morgan fingerprint density at radius 2 is 1.79 bits per heavy atom. The van der Waals surface area contributed by atoms with E-state index in [2.05, 4.69) is 15.9 Å². The first-order valence-electron chi connectivity index (χ1n) is 5.53. The third-order valence-electron chi connectivity index (χ3n) is 2.55. The molecule has 0 unspecified atom stereocenters. The van der Waals surface area contributed by atoms with Crippen molar-refractivity contribution in [1.82, 2.24) is 0 Å². The molecule has 2 aromatic rings. The van der Waals surface area contributed by atoms with Crippen LogP contribution in [0.15, 0.2) is 53.0 Å². The average molecular weight is 321 g/mol. The van der Waals surface area contributed by atoms with Crippen LogP contribution in [0, 0.1) is 0 Å². The van der Waals surface area contributed by atoms with Crippen LogP contribution in [0.25, 0.3) is 11.9 Å². The summed E-state index contributed by atoms with van der Waals surface area (Å²) in [7, 11) is 0. The molecular weight excluding hydrogens is 311 g/mol. The molecular formula is C15H10BrFO2. The molecule has 0 atom stereocenters. The van der Waals surface area contributed by atoms with Crippen LogP contribution in [0.5, 0.6) is 0 Å². The highest BCUT2D eigenvalue weighted by Gasteiger charge is 2.03. The molecule has 0 spiro atoms. The van der Waals surface area contributed by atoms with E-state index in [4.69, 9.17) is 5.11 Å². The second-order valence-corrected chi connectivity index (χ2v) is 4.85. The van der Waals surface area contributed by atoms with Gasteiger partial charge in [-0.15, -0.1) is 0 Å². The molecule has 0 aliphatic rings. The minimum absolute atomic E-state index is 0.181. The number of carboxylic acids is 1. The van der Waals surface area contributed by atoms with Gasteiger partial charge in [0.15, 0.2) is 0 Å². The summed E-state index contributed by atoms with van der Waals surface area (Å²) in [6.07, 6.45) is 1.37. The van der Waals surface area contributed by atoms with Gasteiger partial charge in [-0.25, -0.2) is 9.18 Å². The van der Waals surface area contributed by atoms with E-state index in [1.165, 1.54) is 18.2 Å². The first kappa shape index (κ1) is 13.5. The molecule has 0 saturated carbocycles. The Morgan fingerprint density at radius 3 is 2.37 bits per heavy atom. The zero-order valence-electron chi connectivity index (χ0n) is 9.81. The van der Waals surface area contributed by atoms with Crippen LogP contribution in [-0.4, -0.2) is 11.1 Å². The van der Waals surface area contributed by atoms with Crippen molar-refractivity contribution >= 4 is 33.8 Å². The maximum atomic E-state index is 14.0. The van der Waals surface area contributed by atoms with Crippen molar-refractivity contribution in [3.63, 3.8) is 0 Å². The fourth-order valence-corrected chi connectivity index (χ4v) is 1.99. The van der Waals surface area contributed by atoms with Gasteiger partial charge in [0.05, 0.1) is 5.56 Å². The molecule has 1 N–H and O–H groups in total. The first-order valence-corrected chi connectivity index (χ1v) is 6.32. The van der Waals surface area contributed by atoms with Crippen LogP contribution in [-0.2, 0) is 0 Å². The van der Waals surface area contributed by atoms with Gasteiger partial charge in [-0.1, -0.05) is 40.2 Å². The molecule has 19 heavy (non-hydrogen) atoms. The SMILES string of the molecule is O=C(O)c1ccc(C=C(F)c2cccc(Br)c2)cc1. The molecule has 0 fully saturated rings. The summed E-state index contributed by atoms with van der Waals surface area (Å²) < 4.78 is 14.8. The lowest BCUT2D eigenvalue weighted by Gasteiger charge is -2.00. The Labute approximate surface area is 118 Å². The van der Waals surface area contributed by atoms with E-state index in [0.29, 0.717) is 11.1 Å². The van der Waals surface area contributed by atoms with Crippen LogP contribution in [0.3, 0.4) is 0 Å². The van der Waals surface area contributed by atoms with E-state index in [0.717, 1.165) is 4.47 Å². The molecule has 0 bridgehead atoms. The lowest BCUT2D eigenvalue weighted by molar-refractivity contribution is 0.0697. The van der Waals surface area contributed by atoms with E-state index in [-0.39, 0.29) is 11.4 Å². The molecule has 2 rings (SSSR count). The summed E-state index contributed by atoms with van der Waals surface area (Å²) in [6, 6.07) is 12.9. The number of hydrogen-bond acceptors (Lipinski definition) is 1. The summed E-state index contributed by atoms with van der Waals surface area (Å²) in [6.45, 7) is 0. The van der Waals surface area contributed by atoms with Gasteiger partial charge in [0, 0.05) is 10.0 Å². The van der Waals surface area contributed by atoms with Crippen molar-refractivity contribution in [1.29, 1.82) is 0 Å². The van der Waals surface area contributed by atoms with Crippen molar-refractivity contribution in [2.24, 2.45) is 0 Å². The maximum Gasteiger partial charge on any atom is 0.335 e. The first-order chi connectivity index (χ1) is 9.06.